The van der Waals surface area contributed by atoms with Crippen LogP contribution in [0.4, 0.5) is 11.6 Å². The van der Waals surface area contributed by atoms with Gasteiger partial charge in [-0.1, -0.05) is 31.0 Å². The number of carbonyl (C=O) groups excluding carboxylic acids is 1. The fourth-order valence-corrected chi connectivity index (χ4v) is 3.23. The summed E-state index contributed by atoms with van der Waals surface area (Å²) < 4.78 is 5.76. The van der Waals surface area contributed by atoms with Crippen LogP contribution in [0.15, 0.2) is 66.9 Å². The average Bonchev–Trinajstić information content (AvgIpc) is 3.23. The summed E-state index contributed by atoms with van der Waals surface area (Å²) in [4.78, 5) is 21.1. The van der Waals surface area contributed by atoms with E-state index in [0.717, 1.165) is 18.6 Å². The van der Waals surface area contributed by atoms with Crippen molar-refractivity contribution in [2.24, 2.45) is 0 Å². The number of hydrogen-bond donors (Lipinski definition) is 2. The number of benzene rings is 2. The van der Waals surface area contributed by atoms with Crippen LogP contribution < -0.4 is 15.4 Å². The Morgan fingerprint density at radius 3 is 2.39 bits per heavy atom. The van der Waals surface area contributed by atoms with E-state index < -0.39 is 0 Å². The first-order valence-corrected chi connectivity index (χ1v) is 9.50. The Balaban J connectivity index is 1.38. The molecule has 1 heterocycles. The van der Waals surface area contributed by atoms with Gasteiger partial charge in [-0.15, -0.1) is 0 Å². The molecular formula is C22H22N4O2. The third-order valence-corrected chi connectivity index (χ3v) is 4.67. The van der Waals surface area contributed by atoms with Crippen molar-refractivity contribution in [3.05, 3.63) is 72.6 Å². The summed E-state index contributed by atoms with van der Waals surface area (Å²) in [5.41, 5.74) is 1.01. The van der Waals surface area contributed by atoms with Crippen LogP contribution >= 0.6 is 0 Å². The highest BCUT2D eigenvalue weighted by molar-refractivity contribution is 6.02. The van der Waals surface area contributed by atoms with Crippen LogP contribution in [0, 0.1) is 0 Å². The highest BCUT2D eigenvalue weighted by atomic mass is 16.5. The van der Waals surface area contributed by atoms with Crippen molar-refractivity contribution < 1.29 is 9.53 Å². The number of amides is 1. The Hall–Kier alpha value is -3.41. The van der Waals surface area contributed by atoms with Crippen molar-refractivity contribution in [1.29, 1.82) is 0 Å². The summed E-state index contributed by atoms with van der Waals surface area (Å²) >= 11 is 0. The molecule has 0 atom stereocenters. The highest BCUT2D eigenvalue weighted by Gasteiger charge is 2.16. The molecule has 142 valence electrons. The van der Waals surface area contributed by atoms with Crippen LogP contribution in [0.2, 0.25) is 0 Å². The van der Waals surface area contributed by atoms with Crippen molar-refractivity contribution in [1.82, 2.24) is 9.97 Å². The minimum atomic E-state index is -0.270. The Morgan fingerprint density at radius 2 is 1.64 bits per heavy atom. The minimum absolute atomic E-state index is 0.270. The van der Waals surface area contributed by atoms with Gasteiger partial charge in [-0.3, -0.25) is 4.79 Å². The van der Waals surface area contributed by atoms with Gasteiger partial charge in [-0.2, -0.15) is 0 Å². The molecule has 3 aromatic rings. The van der Waals surface area contributed by atoms with E-state index in [9.17, 15) is 4.79 Å². The first kappa shape index (κ1) is 18.0. The Kier molecular flexibility index (Phi) is 5.47. The second-order valence-electron chi connectivity index (χ2n) is 6.78. The molecule has 1 aliphatic rings. The van der Waals surface area contributed by atoms with Gasteiger partial charge < -0.3 is 15.4 Å². The molecule has 1 aromatic heterocycles. The van der Waals surface area contributed by atoms with Gasteiger partial charge in [0.25, 0.3) is 5.91 Å². The van der Waals surface area contributed by atoms with E-state index in [4.69, 9.17) is 4.74 Å². The monoisotopic (exact) mass is 374 g/mol. The number of nitrogens with one attached hydrogen (secondary N) is 2. The quantitative estimate of drug-likeness (QED) is 0.643. The molecule has 6 heteroatoms. The highest BCUT2D eigenvalue weighted by Crippen LogP contribution is 2.23. The van der Waals surface area contributed by atoms with Gasteiger partial charge in [0.15, 0.2) is 0 Å². The van der Waals surface area contributed by atoms with Gasteiger partial charge >= 0.3 is 0 Å². The van der Waals surface area contributed by atoms with Crippen LogP contribution in [0.3, 0.4) is 0 Å². The van der Waals surface area contributed by atoms with Gasteiger partial charge in [-0.05, 0) is 55.3 Å². The smallest absolute Gasteiger partial charge is 0.274 e. The van der Waals surface area contributed by atoms with Crippen molar-refractivity contribution in [2.45, 2.75) is 31.7 Å². The maximum Gasteiger partial charge on any atom is 0.274 e. The van der Waals surface area contributed by atoms with E-state index in [1.165, 1.54) is 12.8 Å². The molecule has 6 nitrogen and oxygen atoms in total. The summed E-state index contributed by atoms with van der Waals surface area (Å²) in [6.45, 7) is 0. The van der Waals surface area contributed by atoms with Crippen molar-refractivity contribution in [3.63, 3.8) is 0 Å². The fourth-order valence-electron chi connectivity index (χ4n) is 3.23. The molecule has 4 rings (SSSR count). The van der Waals surface area contributed by atoms with Crippen LogP contribution in [0.25, 0.3) is 0 Å². The van der Waals surface area contributed by atoms with Gasteiger partial charge in [0.2, 0.25) is 5.95 Å². The largest absolute Gasteiger partial charge is 0.457 e. The number of carbonyl (C=O) groups is 1. The molecule has 1 amide bonds. The van der Waals surface area contributed by atoms with E-state index in [-0.39, 0.29) is 5.91 Å². The fraction of sp³-hybridized carbons (Fsp3) is 0.227. The van der Waals surface area contributed by atoms with Gasteiger partial charge in [0.1, 0.15) is 17.2 Å². The number of rotatable bonds is 6. The standard InChI is InChI=1S/C22H22N4O2/c27-21(20-14-15-23-22(26-20)25-16-6-4-5-7-16)24-17-10-12-19(13-11-17)28-18-8-2-1-3-9-18/h1-3,8-16H,4-7H2,(H,24,27)(H,23,25,26). The zero-order chi connectivity index (χ0) is 19.2. The molecule has 0 radical (unpaired) electrons. The molecule has 1 fully saturated rings. The first-order valence-electron chi connectivity index (χ1n) is 9.50. The predicted molar refractivity (Wildman–Crippen MR) is 109 cm³/mol. The van der Waals surface area contributed by atoms with Gasteiger partial charge in [-0.25, -0.2) is 9.97 Å². The molecule has 1 aliphatic carbocycles. The number of hydrogen-bond acceptors (Lipinski definition) is 5. The minimum Gasteiger partial charge on any atom is -0.457 e. The molecular weight excluding hydrogens is 352 g/mol. The number of nitrogens with zero attached hydrogens (tertiary/aromatic N) is 2. The second kappa shape index (κ2) is 8.52. The van der Waals surface area contributed by atoms with E-state index in [2.05, 4.69) is 20.6 Å². The summed E-state index contributed by atoms with van der Waals surface area (Å²) in [7, 11) is 0. The summed E-state index contributed by atoms with van der Waals surface area (Å²) in [5.74, 6) is 1.71. The Morgan fingerprint density at radius 1 is 0.929 bits per heavy atom. The Labute approximate surface area is 164 Å². The van der Waals surface area contributed by atoms with E-state index in [1.807, 2.05) is 42.5 Å². The zero-order valence-corrected chi connectivity index (χ0v) is 15.5. The lowest BCUT2D eigenvalue weighted by molar-refractivity contribution is 0.102. The molecule has 0 aliphatic heterocycles. The molecule has 0 spiro atoms. The number of ether oxygens (including phenoxy) is 1. The van der Waals surface area contributed by atoms with Gasteiger partial charge in [0, 0.05) is 17.9 Å². The van der Waals surface area contributed by atoms with Crippen LogP contribution in [-0.2, 0) is 0 Å². The van der Waals surface area contributed by atoms with Crippen molar-refractivity contribution >= 4 is 17.5 Å². The second-order valence-corrected chi connectivity index (χ2v) is 6.78. The number of aromatic nitrogens is 2. The third kappa shape index (κ3) is 4.65. The third-order valence-electron chi connectivity index (χ3n) is 4.67. The SMILES string of the molecule is O=C(Nc1ccc(Oc2ccccc2)cc1)c1ccnc(NC2CCCC2)n1. The maximum atomic E-state index is 12.5. The molecule has 0 saturated heterocycles. The first-order chi connectivity index (χ1) is 13.8. The summed E-state index contributed by atoms with van der Waals surface area (Å²) in [6.07, 6.45) is 6.30. The molecule has 2 aromatic carbocycles. The Bertz CT molecular complexity index is 923. The molecule has 0 bridgehead atoms. The normalized spacial score (nSPS) is 13.9. The maximum absolute atomic E-state index is 12.5. The lowest BCUT2D eigenvalue weighted by atomic mass is 10.2. The number of anilines is 2. The van der Waals surface area contributed by atoms with Gasteiger partial charge in [0.05, 0.1) is 0 Å². The van der Waals surface area contributed by atoms with E-state index in [1.54, 1.807) is 24.4 Å². The van der Waals surface area contributed by atoms with Crippen molar-refractivity contribution in [2.75, 3.05) is 10.6 Å². The van der Waals surface area contributed by atoms with Crippen molar-refractivity contribution in [3.8, 4) is 11.5 Å². The van der Waals surface area contributed by atoms with Crippen LogP contribution in [0.5, 0.6) is 11.5 Å². The molecule has 1 saturated carbocycles. The lowest BCUT2D eigenvalue weighted by Crippen LogP contribution is -2.19. The van der Waals surface area contributed by atoms with E-state index in [0.29, 0.717) is 29.1 Å². The lowest BCUT2D eigenvalue weighted by Gasteiger charge is -2.12. The van der Waals surface area contributed by atoms with Crippen LogP contribution in [-0.4, -0.2) is 21.9 Å². The molecule has 0 unspecified atom stereocenters. The van der Waals surface area contributed by atoms with E-state index >= 15 is 0 Å². The predicted octanol–water partition coefficient (Wildman–Crippen LogP) is 4.88. The zero-order valence-electron chi connectivity index (χ0n) is 15.5. The number of para-hydroxylation sites is 1. The van der Waals surface area contributed by atoms with Crippen LogP contribution in [0.1, 0.15) is 36.2 Å². The summed E-state index contributed by atoms with van der Waals surface area (Å²) in [6, 6.07) is 18.8. The topological polar surface area (TPSA) is 76.1 Å². The molecule has 28 heavy (non-hydrogen) atoms. The summed E-state index contributed by atoms with van der Waals surface area (Å²) in [5, 5.41) is 6.17. The average molecular weight is 374 g/mol. The molecule has 2 N–H and O–H groups in total.